The van der Waals surface area contributed by atoms with Crippen molar-refractivity contribution < 1.29 is 18.0 Å². The van der Waals surface area contributed by atoms with Gasteiger partial charge in [-0.3, -0.25) is 0 Å². The summed E-state index contributed by atoms with van der Waals surface area (Å²) in [5, 5.41) is 0.334. The summed E-state index contributed by atoms with van der Waals surface area (Å²) in [6.07, 6.45) is 16.8. The van der Waals surface area contributed by atoms with E-state index < -0.39 is 25.0 Å². The molecule has 0 N–H and O–H groups in total. The lowest BCUT2D eigenvalue weighted by molar-refractivity contribution is -0.0879. The third-order valence-corrected chi connectivity index (χ3v) is 29.5. The average molecular weight is 832 g/mol. The monoisotopic (exact) mass is 831 g/mol. The summed E-state index contributed by atoms with van der Waals surface area (Å²) in [5.41, 5.74) is 4.90. The Morgan fingerprint density at radius 1 is 0.768 bits per heavy atom. The topological polar surface area (TPSA) is 36.9 Å². The van der Waals surface area contributed by atoms with Crippen LogP contribution in [0.2, 0.25) is 54.4 Å². The number of rotatable bonds is 15. The molecule has 0 bridgehead atoms. The van der Waals surface area contributed by atoms with Gasteiger partial charge < -0.3 is 18.0 Å². The Balaban J connectivity index is 1.98. The zero-order valence-corrected chi connectivity index (χ0v) is 43.9. The van der Waals surface area contributed by atoms with E-state index in [9.17, 15) is 0 Å². The van der Waals surface area contributed by atoms with Crippen molar-refractivity contribution >= 4 is 25.0 Å². The van der Waals surface area contributed by atoms with Crippen molar-refractivity contribution in [2.75, 3.05) is 13.2 Å². The molecule has 7 heteroatoms. The number of ether oxygens (including phenoxy) is 1. The number of hydrogen-bond donors (Lipinski definition) is 0. The Morgan fingerprint density at radius 2 is 1.34 bits per heavy atom. The van der Waals surface area contributed by atoms with E-state index in [1.54, 1.807) is 5.57 Å². The predicted octanol–water partition coefficient (Wildman–Crippen LogP) is 15.4. The van der Waals surface area contributed by atoms with Crippen molar-refractivity contribution in [1.82, 2.24) is 0 Å². The van der Waals surface area contributed by atoms with E-state index in [0.29, 0.717) is 23.4 Å². The van der Waals surface area contributed by atoms with Crippen LogP contribution in [0.4, 0.5) is 0 Å². The van der Waals surface area contributed by atoms with Crippen LogP contribution >= 0.6 is 0 Å². The third kappa shape index (κ3) is 12.4. The van der Waals surface area contributed by atoms with Gasteiger partial charge in [-0.15, -0.1) is 0 Å². The maximum Gasteiger partial charge on any atom is 0.193 e. The van der Waals surface area contributed by atoms with Crippen molar-refractivity contribution in [2.24, 2.45) is 28.6 Å². The van der Waals surface area contributed by atoms with E-state index in [2.05, 4.69) is 148 Å². The van der Waals surface area contributed by atoms with Crippen LogP contribution in [0.15, 0.2) is 35.5 Å². The highest BCUT2D eigenvalue weighted by atomic mass is 28.4. The van der Waals surface area contributed by atoms with Gasteiger partial charge in [0, 0.05) is 19.6 Å². The first-order valence-electron chi connectivity index (χ1n) is 22.9. The molecule has 0 amide bonds. The standard InChI is InChI=1S/C49H94O4Si3/c1-36(25-22-31-45(3,4)5)40-29-30-41-38(26-23-32-49(40,41)15)27-28-39-35-42(52-55(18,19)47(9,10)11)44(43(37(39)2)53-56(20,21)48(12,13)14)50-33-24-34-51-54(16,17)46(6,7)8/h27-28,36,40-44H,2,22-26,29-35H2,1,3-21H3/b38-27+,39-28-/t36-,40-,41+,42-,43-,44-,49-/m1/s1. The minimum Gasteiger partial charge on any atom is -0.417 e. The smallest absolute Gasteiger partial charge is 0.193 e. The van der Waals surface area contributed by atoms with Crippen molar-refractivity contribution in [3.63, 3.8) is 0 Å². The Morgan fingerprint density at radius 3 is 1.89 bits per heavy atom. The Bertz CT molecular complexity index is 1360. The lowest BCUT2D eigenvalue weighted by atomic mass is 9.60. The molecule has 326 valence electrons. The molecule has 3 rings (SSSR count). The maximum atomic E-state index is 7.42. The van der Waals surface area contributed by atoms with Gasteiger partial charge in [-0.2, -0.15) is 0 Å². The second kappa shape index (κ2) is 18.4. The summed E-state index contributed by atoms with van der Waals surface area (Å²) >= 11 is 0. The summed E-state index contributed by atoms with van der Waals surface area (Å²) in [6.45, 7) is 53.8. The summed E-state index contributed by atoms with van der Waals surface area (Å²) in [5.74, 6) is 2.30. The number of hydrogen-bond acceptors (Lipinski definition) is 4. The van der Waals surface area contributed by atoms with Crippen LogP contribution in [0.1, 0.15) is 161 Å². The molecule has 0 aromatic heterocycles. The highest BCUT2D eigenvalue weighted by molar-refractivity contribution is 6.75. The average Bonchev–Trinajstić information content (AvgIpc) is 3.37. The van der Waals surface area contributed by atoms with E-state index in [1.807, 2.05) is 0 Å². The highest BCUT2D eigenvalue weighted by Crippen LogP contribution is 2.60. The molecule has 0 aromatic carbocycles. The van der Waals surface area contributed by atoms with Crippen LogP contribution in [-0.4, -0.2) is 56.5 Å². The lowest BCUT2D eigenvalue weighted by Crippen LogP contribution is -2.57. The van der Waals surface area contributed by atoms with E-state index >= 15 is 0 Å². The van der Waals surface area contributed by atoms with E-state index in [0.717, 1.165) is 36.9 Å². The van der Waals surface area contributed by atoms with Crippen LogP contribution in [0, 0.1) is 28.6 Å². The largest absolute Gasteiger partial charge is 0.417 e. The van der Waals surface area contributed by atoms with Gasteiger partial charge in [0.25, 0.3) is 0 Å². The summed E-state index contributed by atoms with van der Waals surface area (Å²) < 4.78 is 28.4. The van der Waals surface area contributed by atoms with Crippen molar-refractivity contribution in [3.05, 3.63) is 35.5 Å². The predicted molar refractivity (Wildman–Crippen MR) is 252 cm³/mol. The normalized spacial score (nSPS) is 29.6. The molecule has 0 heterocycles. The molecule has 0 unspecified atom stereocenters. The first-order valence-corrected chi connectivity index (χ1v) is 31.7. The van der Waals surface area contributed by atoms with Crippen LogP contribution in [-0.2, 0) is 18.0 Å². The van der Waals surface area contributed by atoms with Gasteiger partial charge in [0.15, 0.2) is 25.0 Å². The quantitative estimate of drug-likeness (QED) is 0.122. The number of fused-ring (bicyclic) bond motifs is 1. The number of allylic oxidation sites excluding steroid dienone is 3. The molecule has 0 saturated heterocycles. The lowest BCUT2D eigenvalue weighted by Gasteiger charge is -2.49. The zero-order valence-electron chi connectivity index (χ0n) is 40.9. The summed E-state index contributed by atoms with van der Waals surface area (Å²) in [6, 6.07) is 0. The molecule has 0 aliphatic heterocycles. The molecule has 0 aromatic rings. The second-order valence-electron chi connectivity index (χ2n) is 24.7. The highest BCUT2D eigenvalue weighted by Gasteiger charge is 2.52. The Hall–Kier alpha value is -0.289. The molecule has 4 nitrogen and oxygen atoms in total. The van der Waals surface area contributed by atoms with Crippen molar-refractivity contribution in [3.8, 4) is 0 Å². The Labute approximate surface area is 352 Å². The molecule has 3 aliphatic carbocycles. The van der Waals surface area contributed by atoms with Crippen LogP contribution in [0.5, 0.6) is 0 Å². The molecule has 3 saturated carbocycles. The van der Waals surface area contributed by atoms with Crippen LogP contribution in [0.3, 0.4) is 0 Å². The molecule has 7 atom stereocenters. The van der Waals surface area contributed by atoms with Gasteiger partial charge in [0.05, 0.1) is 12.2 Å². The fraction of sp³-hybridized carbons (Fsp3) is 0.878. The van der Waals surface area contributed by atoms with E-state index in [4.69, 9.17) is 24.6 Å². The Kier molecular flexibility index (Phi) is 16.4. The summed E-state index contributed by atoms with van der Waals surface area (Å²) in [7, 11) is -6.17. The van der Waals surface area contributed by atoms with Gasteiger partial charge in [-0.1, -0.05) is 134 Å². The van der Waals surface area contributed by atoms with Crippen molar-refractivity contribution in [2.45, 2.75) is 234 Å². The van der Waals surface area contributed by atoms with Gasteiger partial charge in [-0.05, 0) is 139 Å². The van der Waals surface area contributed by atoms with Gasteiger partial charge in [-0.25, -0.2) is 0 Å². The zero-order chi connectivity index (χ0) is 42.9. The molecule has 0 spiro atoms. The van der Waals surface area contributed by atoms with Crippen LogP contribution in [0.25, 0.3) is 0 Å². The first kappa shape index (κ1) is 50.1. The van der Waals surface area contributed by atoms with E-state index in [1.165, 1.54) is 56.9 Å². The van der Waals surface area contributed by atoms with Gasteiger partial charge >= 0.3 is 0 Å². The molecule has 3 aliphatic rings. The van der Waals surface area contributed by atoms with Gasteiger partial charge in [0.2, 0.25) is 0 Å². The molecular weight excluding hydrogens is 737 g/mol. The minimum atomic E-state index is -2.20. The fourth-order valence-electron chi connectivity index (χ4n) is 9.11. The molecule has 3 fully saturated rings. The molecule has 56 heavy (non-hydrogen) atoms. The third-order valence-electron chi connectivity index (χ3n) is 16.0. The molecular formula is C49H94O4Si3. The van der Waals surface area contributed by atoms with Crippen molar-refractivity contribution in [1.29, 1.82) is 0 Å². The van der Waals surface area contributed by atoms with E-state index in [-0.39, 0.29) is 33.4 Å². The SMILES string of the molecule is C=C1/C(=C\C=C2/CCC[C@]3(C)[C@@H]([C@H](C)CCCC(C)(C)C)CC[C@@H]23)C[C@@H](O[Si](C)(C)C(C)(C)C)[C@@H](OCCCO[Si](C)(C)C(C)(C)C)[C@@H]1O[Si](C)(C)C(C)(C)C. The first-order chi connectivity index (χ1) is 25.2. The van der Waals surface area contributed by atoms with Crippen LogP contribution < -0.4 is 0 Å². The fourth-order valence-corrected chi connectivity index (χ4v) is 12.8. The summed E-state index contributed by atoms with van der Waals surface area (Å²) in [4.78, 5) is 0. The maximum absolute atomic E-state index is 7.42. The molecule has 0 radical (unpaired) electrons. The second-order valence-corrected chi connectivity index (χ2v) is 39.0. The van der Waals surface area contributed by atoms with Gasteiger partial charge in [0.1, 0.15) is 6.10 Å². The minimum absolute atomic E-state index is 0.0589.